The second-order valence-corrected chi connectivity index (χ2v) is 6.89. The monoisotopic (exact) mass is 347 g/mol. The molecule has 0 radical (unpaired) electrons. The Hall–Kier alpha value is -2.95. The summed E-state index contributed by atoms with van der Waals surface area (Å²) in [5, 5.41) is 5.71. The Labute approximate surface area is 151 Å². The number of rotatable bonds is 2. The van der Waals surface area contributed by atoms with Crippen LogP contribution in [0, 0.1) is 0 Å². The third-order valence-electron chi connectivity index (χ3n) is 5.20. The Balaban J connectivity index is 1.72. The Bertz CT molecular complexity index is 1050. The molecule has 1 aliphatic heterocycles. The molecule has 0 saturated heterocycles. The minimum atomic E-state index is -0.144. The van der Waals surface area contributed by atoms with E-state index in [1.54, 1.807) is 13.1 Å². The van der Waals surface area contributed by atoms with Crippen LogP contribution in [0.2, 0.25) is 0 Å². The highest BCUT2D eigenvalue weighted by molar-refractivity contribution is 5.98. The number of nitrogens with zero attached hydrogens (tertiary/aromatic N) is 3. The molecule has 132 valence electrons. The largest absolute Gasteiger partial charge is 0.312 e. The summed E-state index contributed by atoms with van der Waals surface area (Å²) in [5.74, 6) is 0.465. The lowest BCUT2D eigenvalue weighted by Gasteiger charge is -2.33. The quantitative estimate of drug-likeness (QED) is 0.716. The van der Waals surface area contributed by atoms with Crippen molar-refractivity contribution < 1.29 is 4.79 Å². The van der Waals surface area contributed by atoms with Crippen LogP contribution in [0.4, 0.5) is 5.69 Å². The van der Waals surface area contributed by atoms with E-state index in [1.807, 2.05) is 41.3 Å². The minimum Gasteiger partial charge on any atom is -0.312 e. The number of anilines is 1. The number of para-hydroxylation sites is 1. The number of fused-ring (bicyclic) bond motifs is 2. The van der Waals surface area contributed by atoms with Gasteiger partial charge >= 0.3 is 0 Å². The predicted molar refractivity (Wildman–Crippen MR) is 103 cm³/mol. The smallest absolute Gasteiger partial charge is 0.274 e. The summed E-state index contributed by atoms with van der Waals surface area (Å²) in [7, 11) is 1.63. The van der Waals surface area contributed by atoms with E-state index >= 15 is 0 Å². The van der Waals surface area contributed by atoms with Crippen LogP contribution < -0.4 is 10.5 Å². The highest BCUT2D eigenvalue weighted by atomic mass is 16.2. The number of carbonyl (C=O) groups excluding carboxylic acids is 1. The number of hydrogen-bond acceptors (Lipinski definition) is 3. The topological polar surface area (TPSA) is 55.2 Å². The van der Waals surface area contributed by atoms with Crippen molar-refractivity contribution in [2.75, 3.05) is 11.4 Å². The number of aryl methyl sites for hydroxylation is 1. The van der Waals surface area contributed by atoms with Gasteiger partial charge in [-0.1, -0.05) is 43.3 Å². The van der Waals surface area contributed by atoms with Crippen molar-refractivity contribution in [1.82, 2.24) is 9.78 Å². The highest BCUT2D eigenvalue weighted by Gasteiger charge is 2.26. The molecule has 1 unspecified atom stereocenters. The summed E-state index contributed by atoms with van der Waals surface area (Å²) in [4.78, 5) is 27.2. The molecule has 2 aromatic carbocycles. The molecule has 1 aliphatic rings. The van der Waals surface area contributed by atoms with Crippen molar-refractivity contribution in [2.45, 2.75) is 25.7 Å². The van der Waals surface area contributed by atoms with Gasteiger partial charge < -0.3 is 4.90 Å². The van der Waals surface area contributed by atoms with Gasteiger partial charge in [-0.2, -0.15) is 5.10 Å². The van der Waals surface area contributed by atoms with Crippen molar-refractivity contribution in [3.63, 3.8) is 0 Å². The van der Waals surface area contributed by atoms with Crippen LogP contribution in [0.5, 0.6) is 0 Å². The maximum atomic E-state index is 13.1. The summed E-state index contributed by atoms with van der Waals surface area (Å²) >= 11 is 0. The Morgan fingerprint density at radius 2 is 1.81 bits per heavy atom. The second kappa shape index (κ2) is 6.41. The molecular formula is C21H21N3O2. The fourth-order valence-electron chi connectivity index (χ4n) is 3.75. The van der Waals surface area contributed by atoms with E-state index in [0.29, 0.717) is 23.5 Å². The molecule has 1 atom stereocenters. The van der Waals surface area contributed by atoms with E-state index < -0.39 is 0 Å². The van der Waals surface area contributed by atoms with Gasteiger partial charge in [-0.05, 0) is 30.0 Å². The Morgan fingerprint density at radius 3 is 2.62 bits per heavy atom. The molecule has 3 aromatic rings. The van der Waals surface area contributed by atoms with Crippen molar-refractivity contribution in [3.8, 4) is 0 Å². The van der Waals surface area contributed by atoms with E-state index in [1.165, 1.54) is 10.2 Å². The van der Waals surface area contributed by atoms with Crippen molar-refractivity contribution in [2.24, 2.45) is 7.05 Å². The summed E-state index contributed by atoms with van der Waals surface area (Å²) in [6, 6.07) is 15.4. The normalized spacial score (nSPS) is 16.5. The first-order valence-electron chi connectivity index (χ1n) is 8.90. The van der Waals surface area contributed by atoms with Gasteiger partial charge in [0.1, 0.15) is 0 Å². The van der Waals surface area contributed by atoms with Crippen LogP contribution in [0.25, 0.3) is 10.8 Å². The average molecular weight is 347 g/mol. The number of carbonyl (C=O) groups is 1. The zero-order chi connectivity index (χ0) is 18.3. The van der Waals surface area contributed by atoms with E-state index in [9.17, 15) is 9.59 Å². The summed E-state index contributed by atoms with van der Waals surface area (Å²) < 4.78 is 1.32. The number of benzene rings is 2. The highest BCUT2D eigenvalue weighted by Crippen LogP contribution is 2.35. The van der Waals surface area contributed by atoms with E-state index in [2.05, 4.69) is 18.1 Å². The molecule has 26 heavy (non-hydrogen) atoms. The number of aromatic nitrogens is 2. The Morgan fingerprint density at radius 1 is 1.12 bits per heavy atom. The third-order valence-corrected chi connectivity index (χ3v) is 5.20. The van der Waals surface area contributed by atoms with Gasteiger partial charge in [0.25, 0.3) is 5.56 Å². The van der Waals surface area contributed by atoms with Crippen LogP contribution in [-0.2, 0) is 18.3 Å². The molecule has 1 aromatic heterocycles. The number of hydrogen-bond donors (Lipinski definition) is 0. The van der Waals surface area contributed by atoms with Crippen molar-refractivity contribution >= 4 is 22.4 Å². The molecule has 0 spiro atoms. The lowest BCUT2D eigenvalue weighted by atomic mass is 9.91. The van der Waals surface area contributed by atoms with Crippen LogP contribution in [-0.4, -0.2) is 22.2 Å². The molecule has 0 bridgehead atoms. The summed E-state index contributed by atoms with van der Waals surface area (Å²) in [6.45, 7) is 2.91. The van der Waals surface area contributed by atoms with Crippen LogP contribution in [0.15, 0.2) is 53.3 Å². The van der Waals surface area contributed by atoms with Crippen molar-refractivity contribution in [3.05, 3.63) is 70.1 Å². The minimum absolute atomic E-state index is 0.0145. The molecule has 5 heteroatoms. The summed E-state index contributed by atoms with van der Waals surface area (Å²) in [6.07, 6.45) is 1.13. The molecular weight excluding hydrogens is 326 g/mol. The van der Waals surface area contributed by atoms with Crippen molar-refractivity contribution in [1.29, 1.82) is 0 Å². The zero-order valence-electron chi connectivity index (χ0n) is 15.0. The van der Waals surface area contributed by atoms with Crippen LogP contribution >= 0.6 is 0 Å². The van der Waals surface area contributed by atoms with Gasteiger partial charge in [0.05, 0.1) is 17.5 Å². The van der Waals surface area contributed by atoms with Crippen LogP contribution in [0.1, 0.15) is 30.5 Å². The lowest BCUT2D eigenvalue weighted by molar-refractivity contribution is -0.118. The Kier molecular flexibility index (Phi) is 4.07. The maximum absolute atomic E-state index is 13.1. The van der Waals surface area contributed by atoms with Gasteiger partial charge in [-0.3, -0.25) is 9.59 Å². The molecule has 0 fully saturated rings. The lowest BCUT2D eigenvalue weighted by Crippen LogP contribution is -2.37. The molecule has 2 heterocycles. The summed E-state index contributed by atoms with van der Waals surface area (Å²) in [5.41, 5.74) is 2.70. The SMILES string of the molecule is CC1CCN(C(=O)Cc2nn(C)c(=O)c3ccccc23)c2ccccc21. The first kappa shape index (κ1) is 16.5. The molecule has 0 aliphatic carbocycles. The van der Waals surface area contributed by atoms with E-state index in [0.717, 1.165) is 17.5 Å². The third kappa shape index (κ3) is 2.69. The molecule has 5 nitrogen and oxygen atoms in total. The number of amides is 1. The standard InChI is InChI=1S/C21H21N3O2/c1-14-11-12-24(19-10-6-5-7-15(14)19)20(25)13-18-16-8-3-4-9-17(16)21(26)23(2)22-18/h3-10,14H,11-13H2,1-2H3. The van der Waals surface area contributed by atoms with Crippen LogP contribution in [0.3, 0.4) is 0 Å². The fraction of sp³-hybridized carbons (Fsp3) is 0.286. The van der Waals surface area contributed by atoms with E-state index in [4.69, 9.17) is 0 Å². The molecule has 0 N–H and O–H groups in total. The molecule has 0 saturated carbocycles. The van der Waals surface area contributed by atoms with Gasteiger partial charge in [0.2, 0.25) is 5.91 Å². The maximum Gasteiger partial charge on any atom is 0.274 e. The molecule has 1 amide bonds. The van der Waals surface area contributed by atoms with Gasteiger partial charge in [-0.25, -0.2) is 4.68 Å². The average Bonchev–Trinajstić information content (AvgIpc) is 2.66. The van der Waals surface area contributed by atoms with Gasteiger partial charge in [0, 0.05) is 24.7 Å². The molecule has 4 rings (SSSR count). The predicted octanol–water partition coefficient (Wildman–Crippen LogP) is 3.02. The van der Waals surface area contributed by atoms with Gasteiger partial charge in [-0.15, -0.1) is 0 Å². The first-order chi connectivity index (χ1) is 12.6. The zero-order valence-corrected chi connectivity index (χ0v) is 15.0. The first-order valence-corrected chi connectivity index (χ1v) is 8.90. The van der Waals surface area contributed by atoms with Gasteiger partial charge in [0.15, 0.2) is 0 Å². The fourth-order valence-corrected chi connectivity index (χ4v) is 3.75. The van der Waals surface area contributed by atoms with E-state index in [-0.39, 0.29) is 17.9 Å². The second-order valence-electron chi connectivity index (χ2n) is 6.89.